The van der Waals surface area contributed by atoms with E-state index in [2.05, 4.69) is 0 Å². The second kappa shape index (κ2) is 7.97. The van der Waals surface area contributed by atoms with Crippen molar-refractivity contribution in [2.75, 3.05) is 39.3 Å². The maximum absolute atomic E-state index is 12.5. The van der Waals surface area contributed by atoms with Crippen molar-refractivity contribution >= 4 is 45.6 Å². The molecule has 0 spiro atoms. The number of hydrogen-bond donors (Lipinski definition) is 1. The lowest BCUT2D eigenvalue weighted by atomic mass is 10.3. The zero-order valence-corrected chi connectivity index (χ0v) is 14.4. The van der Waals surface area contributed by atoms with E-state index in [4.69, 9.17) is 28.3 Å². The lowest BCUT2D eigenvalue weighted by Crippen LogP contribution is -2.49. The van der Waals surface area contributed by atoms with Crippen LogP contribution in [0.3, 0.4) is 0 Å². The molecule has 1 aliphatic rings. The molecule has 0 aliphatic carbocycles. The SMILES string of the molecule is Cl.O=S(=O)(c1ccc(Cl)c(Cl)c1)N1CCN(CCO)CC1. The highest BCUT2D eigenvalue weighted by molar-refractivity contribution is 7.89. The van der Waals surface area contributed by atoms with Crippen molar-refractivity contribution in [2.24, 2.45) is 0 Å². The predicted molar refractivity (Wildman–Crippen MR) is 86.0 cm³/mol. The number of benzene rings is 1. The summed E-state index contributed by atoms with van der Waals surface area (Å²) in [5.74, 6) is 0. The van der Waals surface area contributed by atoms with Crippen LogP contribution in [0.25, 0.3) is 0 Å². The molecular weight excluding hydrogens is 359 g/mol. The maximum Gasteiger partial charge on any atom is 0.243 e. The predicted octanol–water partition coefficient (Wildman–Crippen LogP) is 1.71. The number of sulfonamides is 1. The molecule has 0 amide bonds. The van der Waals surface area contributed by atoms with Gasteiger partial charge in [-0.1, -0.05) is 23.2 Å². The van der Waals surface area contributed by atoms with Crippen molar-refractivity contribution in [1.29, 1.82) is 0 Å². The molecule has 0 bridgehead atoms. The van der Waals surface area contributed by atoms with Gasteiger partial charge < -0.3 is 5.11 Å². The van der Waals surface area contributed by atoms with Gasteiger partial charge in [-0.05, 0) is 18.2 Å². The summed E-state index contributed by atoms with van der Waals surface area (Å²) in [6, 6.07) is 4.32. The minimum atomic E-state index is -3.54. The van der Waals surface area contributed by atoms with Crippen molar-refractivity contribution in [1.82, 2.24) is 9.21 Å². The summed E-state index contributed by atoms with van der Waals surface area (Å²) in [5, 5.41) is 9.44. The van der Waals surface area contributed by atoms with Gasteiger partial charge in [0.25, 0.3) is 0 Å². The molecular formula is C12H17Cl3N2O3S. The average molecular weight is 376 g/mol. The van der Waals surface area contributed by atoms with Crippen LogP contribution in [0, 0.1) is 0 Å². The van der Waals surface area contributed by atoms with E-state index in [1.165, 1.54) is 22.5 Å². The summed E-state index contributed by atoms with van der Waals surface area (Å²) in [7, 11) is -3.54. The summed E-state index contributed by atoms with van der Waals surface area (Å²) in [6.45, 7) is 2.69. The van der Waals surface area contributed by atoms with E-state index in [-0.39, 0.29) is 28.9 Å². The molecule has 1 fully saturated rings. The standard InChI is InChI=1S/C12H16Cl2N2O3S.ClH/c13-11-2-1-10(9-12(11)14)20(18,19)16-5-3-15(4-6-16)7-8-17;/h1-2,9,17H,3-8H2;1H. The van der Waals surface area contributed by atoms with Crippen LogP contribution in [0.2, 0.25) is 10.0 Å². The molecule has 1 aliphatic heterocycles. The zero-order chi connectivity index (χ0) is 14.8. The Balaban J connectivity index is 0.00000220. The molecule has 9 heteroatoms. The van der Waals surface area contributed by atoms with E-state index in [9.17, 15) is 8.42 Å². The number of nitrogens with zero attached hydrogens (tertiary/aromatic N) is 2. The van der Waals surface area contributed by atoms with Gasteiger partial charge in [0.1, 0.15) is 0 Å². The van der Waals surface area contributed by atoms with E-state index in [0.717, 1.165) is 0 Å². The van der Waals surface area contributed by atoms with E-state index in [0.29, 0.717) is 37.7 Å². The molecule has 0 radical (unpaired) electrons. The lowest BCUT2D eigenvalue weighted by molar-refractivity contribution is 0.151. The highest BCUT2D eigenvalue weighted by Gasteiger charge is 2.28. The van der Waals surface area contributed by atoms with Gasteiger partial charge in [-0.25, -0.2) is 8.42 Å². The van der Waals surface area contributed by atoms with Crippen molar-refractivity contribution in [3.63, 3.8) is 0 Å². The summed E-state index contributed by atoms with van der Waals surface area (Å²) in [4.78, 5) is 2.18. The molecule has 0 atom stereocenters. The average Bonchev–Trinajstić information content (AvgIpc) is 2.43. The van der Waals surface area contributed by atoms with E-state index in [1.54, 1.807) is 0 Å². The molecule has 1 aromatic rings. The molecule has 1 saturated heterocycles. The number of aliphatic hydroxyl groups excluding tert-OH is 1. The molecule has 5 nitrogen and oxygen atoms in total. The summed E-state index contributed by atoms with van der Waals surface area (Å²) in [5.41, 5.74) is 0. The molecule has 1 N–H and O–H groups in total. The Morgan fingerprint density at radius 2 is 1.71 bits per heavy atom. The number of piperazine rings is 1. The third kappa shape index (κ3) is 4.45. The third-order valence-electron chi connectivity index (χ3n) is 3.28. The first-order valence-electron chi connectivity index (χ1n) is 6.23. The molecule has 0 unspecified atom stereocenters. The minimum absolute atomic E-state index is 0. The fourth-order valence-corrected chi connectivity index (χ4v) is 3.93. The first-order valence-corrected chi connectivity index (χ1v) is 8.43. The van der Waals surface area contributed by atoms with Gasteiger partial charge in [-0.2, -0.15) is 4.31 Å². The first-order chi connectivity index (χ1) is 9.45. The number of aliphatic hydroxyl groups is 1. The van der Waals surface area contributed by atoms with Crippen LogP contribution in [0.1, 0.15) is 0 Å². The van der Waals surface area contributed by atoms with Crippen LogP contribution < -0.4 is 0 Å². The van der Waals surface area contributed by atoms with E-state index < -0.39 is 10.0 Å². The molecule has 0 saturated carbocycles. The Hall–Kier alpha value is -0.0800. The normalized spacial score (nSPS) is 17.5. The van der Waals surface area contributed by atoms with Crippen LogP contribution in [-0.2, 0) is 10.0 Å². The first kappa shape index (κ1) is 19.0. The molecule has 21 heavy (non-hydrogen) atoms. The number of β-amino-alcohol motifs (C(OH)–C–C–N with tert-alkyl or cyclic N) is 1. The largest absolute Gasteiger partial charge is 0.395 e. The van der Waals surface area contributed by atoms with Gasteiger partial charge in [0.2, 0.25) is 10.0 Å². The maximum atomic E-state index is 12.5. The lowest BCUT2D eigenvalue weighted by Gasteiger charge is -2.33. The Labute approximate surface area is 140 Å². The van der Waals surface area contributed by atoms with Crippen molar-refractivity contribution in [3.05, 3.63) is 28.2 Å². The Kier molecular flexibility index (Phi) is 7.19. The Bertz CT molecular complexity index is 575. The van der Waals surface area contributed by atoms with E-state index >= 15 is 0 Å². The molecule has 1 heterocycles. The smallest absolute Gasteiger partial charge is 0.243 e. The highest BCUT2D eigenvalue weighted by atomic mass is 35.5. The minimum Gasteiger partial charge on any atom is -0.395 e. The van der Waals surface area contributed by atoms with Crippen LogP contribution in [0.15, 0.2) is 23.1 Å². The molecule has 1 aromatic carbocycles. The van der Waals surface area contributed by atoms with Gasteiger partial charge in [0, 0.05) is 32.7 Å². The third-order valence-corrected chi connectivity index (χ3v) is 5.91. The van der Waals surface area contributed by atoms with Gasteiger partial charge in [-0.3, -0.25) is 4.90 Å². The Morgan fingerprint density at radius 3 is 2.24 bits per heavy atom. The quantitative estimate of drug-likeness (QED) is 0.870. The number of hydrogen-bond acceptors (Lipinski definition) is 4. The summed E-state index contributed by atoms with van der Waals surface area (Å²) < 4.78 is 26.4. The van der Waals surface area contributed by atoms with Gasteiger partial charge in [0.15, 0.2) is 0 Å². The van der Waals surface area contributed by atoms with Crippen LogP contribution in [-0.4, -0.2) is 62.1 Å². The number of halogens is 3. The van der Waals surface area contributed by atoms with Crippen LogP contribution >= 0.6 is 35.6 Å². The zero-order valence-electron chi connectivity index (χ0n) is 11.2. The molecule has 2 rings (SSSR count). The second-order valence-corrected chi connectivity index (χ2v) is 7.30. The van der Waals surface area contributed by atoms with Crippen molar-refractivity contribution in [2.45, 2.75) is 4.90 Å². The molecule has 120 valence electrons. The molecule has 0 aromatic heterocycles. The summed E-state index contributed by atoms with van der Waals surface area (Å²) >= 11 is 11.7. The van der Waals surface area contributed by atoms with E-state index in [1.807, 2.05) is 4.90 Å². The number of rotatable bonds is 4. The van der Waals surface area contributed by atoms with Crippen LogP contribution in [0.4, 0.5) is 0 Å². The monoisotopic (exact) mass is 374 g/mol. The topological polar surface area (TPSA) is 60.9 Å². The van der Waals surface area contributed by atoms with Crippen molar-refractivity contribution in [3.8, 4) is 0 Å². The van der Waals surface area contributed by atoms with Crippen molar-refractivity contribution < 1.29 is 13.5 Å². The fraction of sp³-hybridized carbons (Fsp3) is 0.500. The second-order valence-electron chi connectivity index (χ2n) is 4.55. The van der Waals surface area contributed by atoms with Crippen LogP contribution in [0.5, 0.6) is 0 Å². The van der Waals surface area contributed by atoms with Gasteiger partial charge in [0.05, 0.1) is 21.5 Å². The van der Waals surface area contributed by atoms with Gasteiger partial charge in [-0.15, -0.1) is 12.4 Å². The highest BCUT2D eigenvalue weighted by Crippen LogP contribution is 2.26. The summed E-state index contributed by atoms with van der Waals surface area (Å²) in [6.07, 6.45) is 0. The van der Waals surface area contributed by atoms with Gasteiger partial charge >= 0.3 is 0 Å². The Morgan fingerprint density at radius 1 is 1.10 bits per heavy atom. The fourth-order valence-electron chi connectivity index (χ4n) is 2.12.